The van der Waals surface area contributed by atoms with Gasteiger partial charge in [-0.3, -0.25) is 4.98 Å². The van der Waals surface area contributed by atoms with E-state index in [1.54, 1.807) is 0 Å². The van der Waals surface area contributed by atoms with Crippen LogP contribution in [0.5, 0.6) is 0 Å². The Bertz CT molecular complexity index is 337. The molecular weight excluding hydrogens is 222 g/mol. The van der Waals surface area contributed by atoms with Gasteiger partial charge in [0, 0.05) is 31.2 Å². The van der Waals surface area contributed by atoms with Crippen LogP contribution in [-0.4, -0.2) is 31.2 Å². The normalized spacial score (nSPS) is 20.4. The van der Waals surface area contributed by atoms with Gasteiger partial charge in [0.15, 0.2) is 0 Å². The van der Waals surface area contributed by atoms with E-state index in [4.69, 9.17) is 0 Å². The summed E-state index contributed by atoms with van der Waals surface area (Å²) in [6, 6.07) is 4.23. The zero-order chi connectivity index (χ0) is 12.8. The molecule has 18 heavy (non-hydrogen) atoms. The average Bonchev–Trinajstić information content (AvgIpc) is 2.40. The molecule has 100 valence electrons. The van der Waals surface area contributed by atoms with Crippen molar-refractivity contribution in [2.45, 2.75) is 26.7 Å². The molecule has 1 fully saturated rings. The Morgan fingerprint density at radius 2 is 2.17 bits per heavy atom. The molecule has 1 aromatic heterocycles. The Morgan fingerprint density at radius 3 is 2.89 bits per heavy atom. The van der Waals surface area contributed by atoms with Gasteiger partial charge in [0.05, 0.1) is 0 Å². The first-order chi connectivity index (χ1) is 8.75. The van der Waals surface area contributed by atoms with Crippen molar-refractivity contribution < 1.29 is 0 Å². The molecule has 3 nitrogen and oxygen atoms in total. The number of rotatable bonds is 5. The SMILES string of the molecule is CC(C)CNCC1CCCN(c2ccncc2)C1. The molecule has 0 aliphatic carbocycles. The van der Waals surface area contributed by atoms with Gasteiger partial charge in [0.1, 0.15) is 0 Å². The highest BCUT2D eigenvalue weighted by Crippen LogP contribution is 2.22. The van der Waals surface area contributed by atoms with E-state index in [9.17, 15) is 0 Å². The number of pyridine rings is 1. The minimum Gasteiger partial charge on any atom is -0.371 e. The highest BCUT2D eigenvalue weighted by molar-refractivity contribution is 5.44. The predicted octanol–water partition coefficient (Wildman–Crippen LogP) is 2.54. The second kappa shape index (κ2) is 6.74. The summed E-state index contributed by atoms with van der Waals surface area (Å²) in [6.45, 7) is 9.17. The average molecular weight is 247 g/mol. The van der Waals surface area contributed by atoms with Crippen molar-refractivity contribution in [2.24, 2.45) is 11.8 Å². The lowest BCUT2D eigenvalue weighted by Gasteiger charge is -2.34. The number of hydrogen-bond donors (Lipinski definition) is 1. The molecule has 2 rings (SSSR count). The smallest absolute Gasteiger partial charge is 0.0397 e. The molecule has 1 N–H and O–H groups in total. The monoisotopic (exact) mass is 247 g/mol. The van der Waals surface area contributed by atoms with E-state index in [0.29, 0.717) is 0 Å². The van der Waals surface area contributed by atoms with E-state index < -0.39 is 0 Å². The Labute approximate surface area is 111 Å². The van der Waals surface area contributed by atoms with Crippen molar-refractivity contribution in [2.75, 3.05) is 31.1 Å². The number of anilines is 1. The van der Waals surface area contributed by atoms with Gasteiger partial charge in [0.25, 0.3) is 0 Å². The molecule has 2 heterocycles. The number of nitrogens with zero attached hydrogens (tertiary/aromatic N) is 2. The molecule has 0 radical (unpaired) electrons. The minimum absolute atomic E-state index is 0.741. The standard InChI is InChI=1S/C15H25N3/c1-13(2)10-17-11-14-4-3-9-18(12-14)15-5-7-16-8-6-15/h5-8,13-14,17H,3-4,9-12H2,1-2H3. The van der Waals surface area contributed by atoms with E-state index in [1.165, 1.54) is 31.6 Å². The third kappa shape index (κ3) is 3.98. The fourth-order valence-corrected chi connectivity index (χ4v) is 2.60. The van der Waals surface area contributed by atoms with E-state index in [1.807, 2.05) is 12.4 Å². The molecule has 1 aromatic rings. The summed E-state index contributed by atoms with van der Waals surface area (Å²) >= 11 is 0. The summed E-state index contributed by atoms with van der Waals surface area (Å²) < 4.78 is 0. The summed E-state index contributed by atoms with van der Waals surface area (Å²) in [6.07, 6.45) is 6.43. The highest BCUT2D eigenvalue weighted by Gasteiger charge is 2.19. The van der Waals surface area contributed by atoms with Crippen LogP contribution in [-0.2, 0) is 0 Å². The van der Waals surface area contributed by atoms with Crippen LogP contribution in [0.2, 0.25) is 0 Å². The van der Waals surface area contributed by atoms with Crippen molar-refractivity contribution in [3.05, 3.63) is 24.5 Å². The van der Waals surface area contributed by atoms with E-state index in [0.717, 1.165) is 24.9 Å². The molecule has 1 aliphatic rings. The topological polar surface area (TPSA) is 28.2 Å². The first-order valence-corrected chi connectivity index (χ1v) is 7.11. The van der Waals surface area contributed by atoms with Gasteiger partial charge in [-0.05, 0) is 49.9 Å². The van der Waals surface area contributed by atoms with Gasteiger partial charge in [0.2, 0.25) is 0 Å². The summed E-state index contributed by atoms with van der Waals surface area (Å²) in [5.41, 5.74) is 1.32. The van der Waals surface area contributed by atoms with E-state index in [2.05, 4.69) is 41.2 Å². The molecule has 0 spiro atoms. The Kier molecular flexibility index (Phi) is 5.00. The number of hydrogen-bond acceptors (Lipinski definition) is 3. The van der Waals surface area contributed by atoms with Crippen LogP contribution in [0.3, 0.4) is 0 Å². The number of aromatic nitrogens is 1. The van der Waals surface area contributed by atoms with Gasteiger partial charge in [-0.1, -0.05) is 13.8 Å². The molecule has 1 aliphatic heterocycles. The first-order valence-electron chi connectivity index (χ1n) is 7.11. The maximum atomic E-state index is 4.09. The second-order valence-corrected chi connectivity index (χ2v) is 5.71. The van der Waals surface area contributed by atoms with Crippen molar-refractivity contribution in [3.63, 3.8) is 0 Å². The Morgan fingerprint density at radius 1 is 1.39 bits per heavy atom. The van der Waals surface area contributed by atoms with Gasteiger partial charge in [-0.25, -0.2) is 0 Å². The van der Waals surface area contributed by atoms with Crippen LogP contribution in [0, 0.1) is 11.8 Å². The van der Waals surface area contributed by atoms with Crippen molar-refractivity contribution >= 4 is 5.69 Å². The van der Waals surface area contributed by atoms with E-state index >= 15 is 0 Å². The molecule has 0 aromatic carbocycles. The lowest BCUT2D eigenvalue weighted by molar-refractivity contribution is 0.382. The molecule has 1 saturated heterocycles. The quantitative estimate of drug-likeness (QED) is 0.866. The predicted molar refractivity (Wildman–Crippen MR) is 76.9 cm³/mol. The summed E-state index contributed by atoms with van der Waals surface area (Å²) in [7, 11) is 0. The Balaban J connectivity index is 1.81. The zero-order valence-corrected chi connectivity index (χ0v) is 11.6. The van der Waals surface area contributed by atoms with Gasteiger partial charge < -0.3 is 10.2 Å². The van der Waals surface area contributed by atoms with Crippen molar-refractivity contribution in [3.8, 4) is 0 Å². The highest BCUT2D eigenvalue weighted by atomic mass is 15.1. The first kappa shape index (κ1) is 13.3. The van der Waals surface area contributed by atoms with Crippen LogP contribution in [0.1, 0.15) is 26.7 Å². The lowest BCUT2D eigenvalue weighted by atomic mass is 9.97. The summed E-state index contributed by atoms with van der Waals surface area (Å²) in [4.78, 5) is 6.58. The van der Waals surface area contributed by atoms with Crippen molar-refractivity contribution in [1.82, 2.24) is 10.3 Å². The maximum absolute atomic E-state index is 4.09. The number of piperidine rings is 1. The molecule has 0 bridgehead atoms. The Hall–Kier alpha value is -1.09. The second-order valence-electron chi connectivity index (χ2n) is 5.71. The molecule has 3 heteroatoms. The van der Waals surface area contributed by atoms with Gasteiger partial charge in [-0.15, -0.1) is 0 Å². The lowest BCUT2D eigenvalue weighted by Crippen LogP contribution is -2.40. The third-order valence-corrected chi connectivity index (χ3v) is 3.53. The number of nitrogens with one attached hydrogen (secondary N) is 1. The van der Waals surface area contributed by atoms with Gasteiger partial charge in [-0.2, -0.15) is 0 Å². The molecule has 0 amide bonds. The fourth-order valence-electron chi connectivity index (χ4n) is 2.60. The largest absolute Gasteiger partial charge is 0.371 e. The molecule has 1 atom stereocenters. The van der Waals surface area contributed by atoms with Crippen LogP contribution < -0.4 is 10.2 Å². The van der Waals surface area contributed by atoms with Crippen LogP contribution >= 0.6 is 0 Å². The van der Waals surface area contributed by atoms with E-state index in [-0.39, 0.29) is 0 Å². The van der Waals surface area contributed by atoms with Crippen LogP contribution in [0.25, 0.3) is 0 Å². The molecular formula is C15H25N3. The van der Waals surface area contributed by atoms with Crippen LogP contribution in [0.4, 0.5) is 5.69 Å². The minimum atomic E-state index is 0.741. The molecule has 1 unspecified atom stereocenters. The summed E-state index contributed by atoms with van der Waals surface area (Å²) in [5.74, 6) is 1.52. The van der Waals surface area contributed by atoms with Crippen molar-refractivity contribution in [1.29, 1.82) is 0 Å². The zero-order valence-electron chi connectivity index (χ0n) is 11.6. The molecule has 0 saturated carbocycles. The fraction of sp³-hybridized carbons (Fsp3) is 0.667. The van der Waals surface area contributed by atoms with Crippen LogP contribution in [0.15, 0.2) is 24.5 Å². The maximum Gasteiger partial charge on any atom is 0.0397 e. The summed E-state index contributed by atoms with van der Waals surface area (Å²) in [5, 5.41) is 3.59. The third-order valence-electron chi connectivity index (χ3n) is 3.53. The van der Waals surface area contributed by atoms with Gasteiger partial charge >= 0.3 is 0 Å².